The maximum absolute atomic E-state index is 11.2. The molecule has 0 spiro atoms. The molecule has 1 saturated heterocycles. The van der Waals surface area contributed by atoms with Crippen molar-refractivity contribution < 1.29 is 9.90 Å². The molecule has 1 aliphatic carbocycles. The number of hydrogen-bond acceptors (Lipinski definition) is 2. The van der Waals surface area contributed by atoms with E-state index in [1.807, 2.05) is 6.92 Å². The van der Waals surface area contributed by atoms with Gasteiger partial charge in [0.15, 0.2) is 0 Å². The fourth-order valence-corrected chi connectivity index (χ4v) is 3.03. The number of carbonyl (C=O) groups is 1. The normalized spacial score (nSPS) is 34.5. The minimum atomic E-state index is -0.620. The van der Waals surface area contributed by atoms with Crippen LogP contribution in [0.1, 0.15) is 45.4 Å². The van der Waals surface area contributed by atoms with Gasteiger partial charge in [-0.25, -0.2) is 0 Å². The number of aliphatic carboxylic acids is 1. The minimum absolute atomic E-state index is 0.499. The molecule has 1 saturated carbocycles. The van der Waals surface area contributed by atoms with Gasteiger partial charge in [-0.3, -0.25) is 9.69 Å². The molecule has 1 heterocycles. The van der Waals surface area contributed by atoms with Crippen LogP contribution in [0.2, 0.25) is 0 Å². The van der Waals surface area contributed by atoms with Gasteiger partial charge in [0, 0.05) is 12.6 Å². The fourth-order valence-electron chi connectivity index (χ4n) is 3.03. The number of carboxylic acids is 1. The van der Waals surface area contributed by atoms with Crippen molar-refractivity contribution in [3.05, 3.63) is 0 Å². The maximum atomic E-state index is 11.2. The van der Waals surface area contributed by atoms with Gasteiger partial charge in [0.05, 0.1) is 5.41 Å². The Labute approximate surface area is 91.5 Å². The van der Waals surface area contributed by atoms with E-state index in [4.69, 9.17) is 0 Å². The van der Waals surface area contributed by atoms with Gasteiger partial charge < -0.3 is 5.11 Å². The molecule has 0 amide bonds. The predicted octanol–water partition coefficient (Wildman–Crippen LogP) is 2.12. The number of piperidine rings is 1. The largest absolute Gasteiger partial charge is 0.481 e. The molecule has 0 aromatic carbocycles. The molecule has 1 N–H and O–H groups in total. The van der Waals surface area contributed by atoms with Gasteiger partial charge >= 0.3 is 5.97 Å². The Morgan fingerprint density at radius 1 is 1.33 bits per heavy atom. The van der Waals surface area contributed by atoms with Crippen LogP contribution in [0.25, 0.3) is 0 Å². The Kier molecular flexibility index (Phi) is 3.01. The summed E-state index contributed by atoms with van der Waals surface area (Å²) >= 11 is 0. The van der Waals surface area contributed by atoms with Crippen LogP contribution in [0.5, 0.6) is 0 Å². The molecule has 0 aromatic heterocycles. The third-order valence-corrected chi connectivity index (χ3v) is 4.08. The van der Waals surface area contributed by atoms with Crippen molar-refractivity contribution in [2.24, 2.45) is 5.41 Å². The first-order valence-corrected chi connectivity index (χ1v) is 6.09. The molecule has 1 atom stereocenters. The van der Waals surface area contributed by atoms with Crippen molar-refractivity contribution in [3.8, 4) is 0 Å². The molecular formula is C12H21NO2. The Morgan fingerprint density at radius 3 is 2.60 bits per heavy atom. The molecule has 1 aliphatic heterocycles. The Hall–Kier alpha value is -0.570. The Morgan fingerprint density at radius 2 is 2.00 bits per heavy atom. The zero-order chi connectivity index (χ0) is 10.9. The first-order valence-electron chi connectivity index (χ1n) is 6.09. The summed E-state index contributed by atoms with van der Waals surface area (Å²) in [5, 5.41) is 9.23. The predicted molar refractivity (Wildman–Crippen MR) is 58.8 cm³/mol. The summed E-state index contributed by atoms with van der Waals surface area (Å²) in [7, 11) is 0. The highest BCUT2D eigenvalue weighted by molar-refractivity contribution is 5.74. The number of nitrogens with zero attached hydrogens (tertiary/aromatic N) is 1. The molecule has 0 unspecified atom stereocenters. The molecular weight excluding hydrogens is 190 g/mol. The third kappa shape index (κ3) is 2.17. The van der Waals surface area contributed by atoms with E-state index in [1.54, 1.807) is 0 Å². The number of carboxylic acid groups (broad SMARTS) is 1. The number of likely N-dealkylation sites (tertiary alicyclic amines) is 1. The van der Waals surface area contributed by atoms with E-state index in [9.17, 15) is 9.90 Å². The Bertz CT molecular complexity index is 248. The first-order chi connectivity index (χ1) is 7.12. The molecule has 2 aliphatic rings. The maximum Gasteiger partial charge on any atom is 0.310 e. The molecule has 2 fully saturated rings. The summed E-state index contributed by atoms with van der Waals surface area (Å²) in [6.45, 7) is 3.76. The Balaban J connectivity index is 2.00. The molecule has 3 heteroatoms. The second kappa shape index (κ2) is 4.12. The molecule has 2 rings (SSSR count). The smallest absolute Gasteiger partial charge is 0.310 e. The van der Waals surface area contributed by atoms with Gasteiger partial charge in [0.1, 0.15) is 0 Å². The van der Waals surface area contributed by atoms with Crippen molar-refractivity contribution in [1.29, 1.82) is 0 Å². The van der Waals surface area contributed by atoms with Crippen LogP contribution in [0.3, 0.4) is 0 Å². The van der Waals surface area contributed by atoms with E-state index in [0.29, 0.717) is 6.04 Å². The van der Waals surface area contributed by atoms with Gasteiger partial charge in [0.25, 0.3) is 0 Å². The molecule has 0 bridgehead atoms. The SMILES string of the molecule is C[C@@]1(C(=O)O)CCCN(C2CCCC2)C1. The van der Waals surface area contributed by atoms with Crippen molar-refractivity contribution in [2.45, 2.75) is 51.5 Å². The molecule has 15 heavy (non-hydrogen) atoms. The zero-order valence-corrected chi connectivity index (χ0v) is 9.54. The minimum Gasteiger partial charge on any atom is -0.481 e. The highest BCUT2D eigenvalue weighted by atomic mass is 16.4. The van der Waals surface area contributed by atoms with Crippen molar-refractivity contribution >= 4 is 5.97 Å². The lowest BCUT2D eigenvalue weighted by Gasteiger charge is -2.40. The van der Waals surface area contributed by atoms with Crippen molar-refractivity contribution in [2.75, 3.05) is 13.1 Å². The van der Waals surface area contributed by atoms with E-state index in [2.05, 4.69) is 4.90 Å². The highest BCUT2D eigenvalue weighted by Gasteiger charge is 2.40. The summed E-state index contributed by atoms with van der Waals surface area (Å²) in [4.78, 5) is 13.6. The standard InChI is InChI=1S/C12H21NO2/c1-12(11(14)15)7-4-8-13(9-12)10-5-2-3-6-10/h10H,2-9H2,1H3,(H,14,15)/t12-/m1/s1. The van der Waals surface area contributed by atoms with Crippen LogP contribution < -0.4 is 0 Å². The van der Waals surface area contributed by atoms with Crippen LogP contribution >= 0.6 is 0 Å². The highest BCUT2D eigenvalue weighted by Crippen LogP contribution is 2.34. The zero-order valence-electron chi connectivity index (χ0n) is 9.54. The van der Waals surface area contributed by atoms with E-state index < -0.39 is 11.4 Å². The second-order valence-electron chi connectivity index (χ2n) is 5.38. The average molecular weight is 211 g/mol. The van der Waals surface area contributed by atoms with E-state index >= 15 is 0 Å². The average Bonchev–Trinajstić information content (AvgIpc) is 2.70. The summed E-state index contributed by atoms with van der Waals surface area (Å²) in [5.41, 5.74) is -0.499. The molecule has 0 radical (unpaired) electrons. The lowest BCUT2D eigenvalue weighted by atomic mass is 9.81. The van der Waals surface area contributed by atoms with Gasteiger partial charge in [-0.2, -0.15) is 0 Å². The van der Waals surface area contributed by atoms with Crippen molar-refractivity contribution in [1.82, 2.24) is 4.90 Å². The topological polar surface area (TPSA) is 40.5 Å². The van der Waals surface area contributed by atoms with Crippen LogP contribution in [-0.4, -0.2) is 35.1 Å². The van der Waals surface area contributed by atoms with E-state index in [0.717, 1.165) is 25.9 Å². The first kappa shape index (κ1) is 10.9. The summed E-state index contributed by atoms with van der Waals surface area (Å²) in [6.07, 6.45) is 7.08. The third-order valence-electron chi connectivity index (χ3n) is 4.08. The van der Waals surface area contributed by atoms with Gasteiger partial charge in [0.2, 0.25) is 0 Å². The molecule has 0 aromatic rings. The number of rotatable bonds is 2. The van der Waals surface area contributed by atoms with E-state index in [-0.39, 0.29) is 0 Å². The monoisotopic (exact) mass is 211 g/mol. The van der Waals surface area contributed by atoms with Crippen LogP contribution in [0.15, 0.2) is 0 Å². The van der Waals surface area contributed by atoms with Crippen LogP contribution in [0, 0.1) is 5.41 Å². The van der Waals surface area contributed by atoms with Crippen LogP contribution in [0.4, 0.5) is 0 Å². The number of hydrogen-bond donors (Lipinski definition) is 1. The summed E-state index contributed by atoms with van der Waals surface area (Å²) in [5.74, 6) is -0.620. The van der Waals surface area contributed by atoms with E-state index in [1.165, 1.54) is 25.7 Å². The van der Waals surface area contributed by atoms with Gasteiger partial charge in [-0.15, -0.1) is 0 Å². The lowest BCUT2D eigenvalue weighted by Crippen LogP contribution is -2.49. The van der Waals surface area contributed by atoms with Gasteiger partial charge in [-0.05, 0) is 39.2 Å². The summed E-state index contributed by atoms with van der Waals surface area (Å²) in [6, 6.07) is 0.670. The fraction of sp³-hybridized carbons (Fsp3) is 0.917. The van der Waals surface area contributed by atoms with Gasteiger partial charge in [-0.1, -0.05) is 12.8 Å². The molecule has 86 valence electrons. The quantitative estimate of drug-likeness (QED) is 0.760. The molecule has 3 nitrogen and oxygen atoms in total. The lowest BCUT2D eigenvalue weighted by molar-refractivity contribution is -0.151. The summed E-state index contributed by atoms with van der Waals surface area (Å²) < 4.78 is 0. The van der Waals surface area contributed by atoms with Crippen molar-refractivity contribution in [3.63, 3.8) is 0 Å². The van der Waals surface area contributed by atoms with Crippen LogP contribution in [-0.2, 0) is 4.79 Å². The second-order valence-corrected chi connectivity index (χ2v) is 5.38.